The van der Waals surface area contributed by atoms with Crippen molar-refractivity contribution in [1.29, 1.82) is 0 Å². The first-order valence-corrected chi connectivity index (χ1v) is 19.4. The lowest BCUT2D eigenvalue weighted by Gasteiger charge is -2.35. The zero-order chi connectivity index (χ0) is 35.6. The molecule has 0 aromatic heterocycles. The fourth-order valence-corrected chi connectivity index (χ4v) is 11.0. The summed E-state index contributed by atoms with van der Waals surface area (Å²) in [5.41, 5.74) is 21.5. The highest BCUT2D eigenvalue weighted by Gasteiger charge is 2.45. The molecule has 0 bridgehead atoms. The van der Waals surface area contributed by atoms with Gasteiger partial charge >= 0.3 is 0 Å². The maximum atomic E-state index is 2.57. The van der Waals surface area contributed by atoms with Gasteiger partial charge in [0.25, 0.3) is 0 Å². The molecule has 0 nitrogen and oxygen atoms in total. The van der Waals surface area contributed by atoms with Crippen LogP contribution in [0.2, 0.25) is 0 Å². The molecule has 4 aliphatic rings. The van der Waals surface area contributed by atoms with Crippen LogP contribution in [-0.4, -0.2) is 0 Å². The molecule has 2 atom stereocenters. The van der Waals surface area contributed by atoms with E-state index in [2.05, 4.69) is 181 Å². The van der Waals surface area contributed by atoms with Crippen molar-refractivity contribution in [2.45, 2.75) is 82.5 Å². The van der Waals surface area contributed by atoms with Gasteiger partial charge in [0.1, 0.15) is 0 Å². The molecule has 0 heterocycles. The average molecular weight is 673 g/mol. The van der Waals surface area contributed by atoms with E-state index in [1.165, 1.54) is 84.3 Å². The Balaban J connectivity index is 1.06. The Kier molecular flexibility index (Phi) is 6.74. The molecule has 6 aromatic rings. The van der Waals surface area contributed by atoms with E-state index in [0.29, 0.717) is 11.8 Å². The summed E-state index contributed by atoms with van der Waals surface area (Å²) in [6.45, 7) is 14.5. The summed E-state index contributed by atoms with van der Waals surface area (Å²) in [6.07, 6.45) is 4.88. The highest BCUT2D eigenvalue weighted by atomic mass is 14.5. The quantitative estimate of drug-likeness (QED) is 0.164. The summed E-state index contributed by atoms with van der Waals surface area (Å²) in [6, 6.07) is 51.6. The average Bonchev–Trinajstić information content (AvgIpc) is 3.65. The smallest absolute Gasteiger partial charge is 0.0340 e. The van der Waals surface area contributed by atoms with Crippen molar-refractivity contribution in [3.63, 3.8) is 0 Å². The van der Waals surface area contributed by atoms with Gasteiger partial charge in [0.2, 0.25) is 0 Å². The molecule has 0 aliphatic heterocycles. The van der Waals surface area contributed by atoms with E-state index < -0.39 is 0 Å². The van der Waals surface area contributed by atoms with Crippen molar-refractivity contribution in [2.24, 2.45) is 5.92 Å². The van der Waals surface area contributed by atoms with Crippen LogP contribution in [0.25, 0.3) is 27.8 Å². The van der Waals surface area contributed by atoms with Crippen molar-refractivity contribution in [2.75, 3.05) is 0 Å². The van der Waals surface area contributed by atoms with Gasteiger partial charge in [0, 0.05) is 16.7 Å². The maximum absolute atomic E-state index is 2.57. The monoisotopic (exact) mass is 672 g/mol. The molecule has 2 unspecified atom stereocenters. The van der Waals surface area contributed by atoms with Crippen LogP contribution >= 0.6 is 0 Å². The third kappa shape index (κ3) is 4.40. The molecular weight excluding hydrogens is 625 g/mol. The van der Waals surface area contributed by atoms with E-state index in [4.69, 9.17) is 0 Å². The molecule has 0 N–H and O–H groups in total. The van der Waals surface area contributed by atoms with E-state index in [9.17, 15) is 0 Å². The van der Waals surface area contributed by atoms with Crippen LogP contribution in [0.4, 0.5) is 0 Å². The summed E-state index contributed by atoms with van der Waals surface area (Å²) in [5, 5.41) is 0. The molecule has 6 aromatic carbocycles. The minimum absolute atomic E-state index is 0.0427. The Morgan fingerprint density at radius 1 is 0.462 bits per heavy atom. The predicted molar refractivity (Wildman–Crippen MR) is 218 cm³/mol. The van der Waals surface area contributed by atoms with Crippen molar-refractivity contribution in [3.05, 3.63) is 195 Å². The number of rotatable bonds is 4. The molecule has 0 saturated heterocycles. The van der Waals surface area contributed by atoms with E-state index in [-0.39, 0.29) is 22.2 Å². The van der Waals surface area contributed by atoms with Gasteiger partial charge in [-0.25, -0.2) is 0 Å². The molecule has 0 saturated carbocycles. The molecular formula is C52H48. The highest BCUT2D eigenvalue weighted by Crippen LogP contribution is 2.57. The van der Waals surface area contributed by atoms with E-state index in [0.717, 1.165) is 6.42 Å². The third-order valence-electron chi connectivity index (χ3n) is 13.9. The van der Waals surface area contributed by atoms with E-state index in [1.807, 2.05) is 0 Å². The minimum Gasteiger partial charge on any atom is -0.0798 e. The van der Waals surface area contributed by atoms with Crippen molar-refractivity contribution < 1.29 is 0 Å². The number of hydrogen-bond acceptors (Lipinski definition) is 0. The van der Waals surface area contributed by atoms with Crippen LogP contribution in [0.3, 0.4) is 0 Å². The van der Waals surface area contributed by atoms with Crippen LogP contribution in [0, 0.1) is 5.92 Å². The second kappa shape index (κ2) is 11.0. The Bertz CT molecular complexity index is 2340. The lowest BCUT2D eigenvalue weighted by molar-refractivity contribution is 0.355. The summed E-state index contributed by atoms with van der Waals surface area (Å²) >= 11 is 0. The Labute approximate surface area is 310 Å². The fraction of sp³-hybridized carbons (Fsp3) is 0.269. The molecule has 52 heavy (non-hydrogen) atoms. The van der Waals surface area contributed by atoms with Gasteiger partial charge < -0.3 is 0 Å². The lowest BCUT2D eigenvalue weighted by atomic mass is 9.69. The van der Waals surface area contributed by atoms with E-state index >= 15 is 0 Å². The van der Waals surface area contributed by atoms with Crippen LogP contribution in [0.15, 0.2) is 140 Å². The molecule has 0 amide bonds. The van der Waals surface area contributed by atoms with Gasteiger partial charge in [-0.15, -0.1) is 0 Å². The molecule has 256 valence electrons. The van der Waals surface area contributed by atoms with Gasteiger partial charge in [-0.3, -0.25) is 0 Å². The molecule has 10 rings (SSSR count). The zero-order valence-corrected chi connectivity index (χ0v) is 31.4. The zero-order valence-electron chi connectivity index (χ0n) is 31.4. The number of hydrogen-bond donors (Lipinski definition) is 0. The van der Waals surface area contributed by atoms with E-state index in [1.54, 1.807) is 5.57 Å². The van der Waals surface area contributed by atoms with Gasteiger partial charge in [-0.05, 0) is 114 Å². The van der Waals surface area contributed by atoms with Crippen LogP contribution in [0.5, 0.6) is 0 Å². The Morgan fingerprint density at radius 2 is 0.923 bits per heavy atom. The molecule has 0 fully saturated rings. The molecule has 0 heteroatoms. The molecule has 4 aliphatic carbocycles. The highest BCUT2D eigenvalue weighted by molar-refractivity contribution is 5.83. The number of allylic oxidation sites excluding steroid dienone is 2. The van der Waals surface area contributed by atoms with Gasteiger partial charge in [0.15, 0.2) is 0 Å². The first-order valence-electron chi connectivity index (χ1n) is 19.4. The SMILES string of the molecule is CC1(C)c2ccccc2-c2ccc(C(c3ccc(C4CC=C5c6ccccc6C(C)(C)C5C4)cc3)c3ccc4c(c3)C(C)(C)c3ccccc3-4)cc21. The Morgan fingerprint density at radius 3 is 1.48 bits per heavy atom. The summed E-state index contributed by atoms with van der Waals surface area (Å²) in [5.74, 6) is 1.23. The second-order valence-corrected chi connectivity index (χ2v) is 17.7. The topological polar surface area (TPSA) is 0 Å². The van der Waals surface area contributed by atoms with Gasteiger partial charge in [-0.2, -0.15) is 0 Å². The second-order valence-electron chi connectivity index (χ2n) is 17.7. The van der Waals surface area contributed by atoms with Gasteiger partial charge in [-0.1, -0.05) is 181 Å². The normalized spacial score (nSPS) is 20.7. The van der Waals surface area contributed by atoms with Crippen molar-refractivity contribution in [3.8, 4) is 22.3 Å². The summed E-state index contributed by atoms with van der Waals surface area (Å²) < 4.78 is 0. The standard InChI is InChI=1S/C52H48/c1-50(2)43-16-10-7-13-37(43)40-26-23-34(29-46(40)50)32-19-21-33(22-20-32)49(35-24-27-41-38-14-8-11-17-44(38)51(3,4)47(41)30-35)36-25-28-42-39-15-9-12-18-45(39)52(5,6)48(42)31-36/h7-22,24-28,30-31,34,46,49H,23,29H2,1-6H3. The third-order valence-corrected chi connectivity index (χ3v) is 13.9. The molecule has 0 radical (unpaired) electrons. The lowest BCUT2D eigenvalue weighted by Crippen LogP contribution is -2.27. The maximum Gasteiger partial charge on any atom is 0.0340 e. The predicted octanol–water partition coefficient (Wildman–Crippen LogP) is 13.3. The number of benzene rings is 6. The first-order chi connectivity index (χ1) is 25.0. The largest absolute Gasteiger partial charge is 0.0798 e. The number of fused-ring (bicyclic) bond motifs is 9. The van der Waals surface area contributed by atoms with Gasteiger partial charge in [0.05, 0.1) is 0 Å². The summed E-state index contributed by atoms with van der Waals surface area (Å²) in [7, 11) is 0. The van der Waals surface area contributed by atoms with Crippen LogP contribution in [0.1, 0.15) is 122 Å². The van der Waals surface area contributed by atoms with Crippen molar-refractivity contribution >= 4 is 5.57 Å². The fourth-order valence-electron chi connectivity index (χ4n) is 11.0. The molecule has 0 spiro atoms. The van der Waals surface area contributed by atoms with Crippen LogP contribution < -0.4 is 0 Å². The summed E-state index contributed by atoms with van der Waals surface area (Å²) in [4.78, 5) is 0. The van der Waals surface area contributed by atoms with Crippen molar-refractivity contribution in [1.82, 2.24) is 0 Å². The minimum atomic E-state index is -0.0427. The Hall–Kier alpha value is -4.94. The first kappa shape index (κ1) is 31.8. The van der Waals surface area contributed by atoms with Crippen LogP contribution in [-0.2, 0) is 16.2 Å².